The first-order chi connectivity index (χ1) is 15.0. The largest absolute Gasteiger partial charge is 0.504 e. The average molecular weight is 425 g/mol. The summed E-state index contributed by atoms with van der Waals surface area (Å²) in [7, 11) is 1.35. The summed E-state index contributed by atoms with van der Waals surface area (Å²) < 4.78 is 4.97. The number of aromatic nitrogens is 2. The number of phenolic OH excluding ortho intramolecular Hbond substituents is 2. The number of benzene rings is 2. The minimum Gasteiger partial charge on any atom is -0.504 e. The van der Waals surface area contributed by atoms with E-state index in [2.05, 4.69) is 39.3 Å². The van der Waals surface area contributed by atoms with Crippen molar-refractivity contribution in [2.24, 2.45) is 0 Å². The minimum absolute atomic E-state index is 0.0275. The molecule has 0 aliphatic heterocycles. The number of rotatable bonds is 9. The molecule has 0 bridgehead atoms. The smallest absolute Gasteiger partial charge is 0.251 e. The predicted octanol–water partition coefficient (Wildman–Crippen LogP) is 2.74. The van der Waals surface area contributed by atoms with Gasteiger partial charge in [-0.15, -0.1) is 0 Å². The fourth-order valence-electron chi connectivity index (χ4n) is 3.19. The molecule has 1 heterocycles. The predicted molar refractivity (Wildman–Crippen MR) is 120 cm³/mol. The van der Waals surface area contributed by atoms with Crippen molar-refractivity contribution < 1.29 is 19.7 Å². The molecule has 3 rings (SSSR count). The molecule has 0 aliphatic rings. The first-order valence-electron chi connectivity index (χ1n) is 10.1. The standard InChI is InChI=1S/C22H27N5O4/c1-4-27(5-2)22-25-16-9-7-6-8-15(16)20(26-22)23-10-11-24-21(30)14-12-17(28)19(29)18(13-14)31-3/h6-9,12-13,28-29H,4-5,10-11H2,1-3H3,(H,24,30)(H,23,25,26). The van der Waals surface area contributed by atoms with Gasteiger partial charge in [-0.3, -0.25) is 4.79 Å². The summed E-state index contributed by atoms with van der Waals surface area (Å²) in [6.07, 6.45) is 0. The molecule has 1 amide bonds. The molecule has 9 heteroatoms. The fraction of sp³-hybridized carbons (Fsp3) is 0.318. The van der Waals surface area contributed by atoms with E-state index in [0.29, 0.717) is 24.9 Å². The lowest BCUT2D eigenvalue weighted by molar-refractivity contribution is 0.0954. The average Bonchev–Trinajstić information content (AvgIpc) is 2.79. The lowest BCUT2D eigenvalue weighted by atomic mass is 10.1. The number of fused-ring (bicyclic) bond motifs is 1. The van der Waals surface area contributed by atoms with Crippen molar-refractivity contribution in [2.75, 3.05) is 43.5 Å². The maximum atomic E-state index is 12.4. The zero-order valence-corrected chi connectivity index (χ0v) is 17.8. The van der Waals surface area contributed by atoms with E-state index >= 15 is 0 Å². The quantitative estimate of drug-likeness (QED) is 0.305. The first kappa shape index (κ1) is 21.9. The van der Waals surface area contributed by atoms with Crippen molar-refractivity contribution in [3.63, 3.8) is 0 Å². The van der Waals surface area contributed by atoms with Crippen LogP contribution in [0.3, 0.4) is 0 Å². The van der Waals surface area contributed by atoms with E-state index in [9.17, 15) is 15.0 Å². The second kappa shape index (κ2) is 9.84. The Bertz CT molecular complexity index is 1070. The topological polar surface area (TPSA) is 120 Å². The molecule has 2 aromatic carbocycles. The molecule has 9 nitrogen and oxygen atoms in total. The maximum Gasteiger partial charge on any atom is 0.251 e. The molecular weight excluding hydrogens is 398 g/mol. The van der Waals surface area contributed by atoms with Crippen molar-refractivity contribution in [2.45, 2.75) is 13.8 Å². The lowest BCUT2D eigenvalue weighted by Gasteiger charge is -2.20. The molecule has 31 heavy (non-hydrogen) atoms. The highest BCUT2D eigenvalue weighted by molar-refractivity contribution is 5.95. The summed E-state index contributed by atoms with van der Waals surface area (Å²) in [4.78, 5) is 23.8. The molecule has 0 aliphatic carbocycles. The number of hydrogen-bond acceptors (Lipinski definition) is 8. The number of para-hydroxylation sites is 1. The van der Waals surface area contributed by atoms with Crippen LogP contribution in [0.25, 0.3) is 10.9 Å². The van der Waals surface area contributed by atoms with Gasteiger partial charge in [-0.2, -0.15) is 4.98 Å². The summed E-state index contributed by atoms with van der Waals surface area (Å²) in [5, 5.41) is 26.4. The normalized spacial score (nSPS) is 10.7. The van der Waals surface area contributed by atoms with E-state index in [0.717, 1.165) is 24.0 Å². The number of phenols is 2. The third kappa shape index (κ3) is 4.88. The number of carbonyl (C=O) groups excluding carboxylic acids is 1. The number of nitrogens with one attached hydrogen (secondary N) is 2. The molecular formula is C22H27N5O4. The number of aromatic hydroxyl groups is 2. The van der Waals surface area contributed by atoms with Crippen LogP contribution in [-0.2, 0) is 0 Å². The highest BCUT2D eigenvalue weighted by Gasteiger charge is 2.15. The van der Waals surface area contributed by atoms with Crippen molar-refractivity contribution >= 4 is 28.6 Å². The van der Waals surface area contributed by atoms with Crippen molar-refractivity contribution in [3.8, 4) is 17.2 Å². The van der Waals surface area contributed by atoms with Gasteiger partial charge in [-0.05, 0) is 38.1 Å². The zero-order chi connectivity index (χ0) is 22.4. The number of hydrogen-bond donors (Lipinski definition) is 4. The molecule has 3 aromatic rings. The van der Waals surface area contributed by atoms with E-state index < -0.39 is 17.4 Å². The molecule has 0 spiro atoms. The van der Waals surface area contributed by atoms with Gasteiger partial charge >= 0.3 is 0 Å². The van der Waals surface area contributed by atoms with Crippen LogP contribution in [0.5, 0.6) is 17.2 Å². The van der Waals surface area contributed by atoms with Gasteiger partial charge in [0.2, 0.25) is 11.7 Å². The molecule has 0 saturated heterocycles. The van der Waals surface area contributed by atoms with Crippen molar-refractivity contribution in [1.29, 1.82) is 0 Å². The Hall–Kier alpha value is -3.75. The number of amides is 1. The molecule has 0 unspecified atom stereocenters. The van der Waals surface area contributed by atoms with Crippen LogP contribution in [-0.4, -0.2) is 59.4 Å². The number of nitrogens with zero attached hydrogens (tertiary/aromatic N) is 3. The molecule has 164 valence electrons. The van der Waals surface area contributed by atoms with Crippen LogP contribution in [0.1, 0.15) is 24.2 Å². The molecule has 0 fully saturated rings. The van der Waals surface area contributed by atoms with Gasteiger partial charge in [0.25, 0.3) is 5.91 Å². The van der Waals surface area contributed by atoms with Crippen LogP contribution >= 0.6 is 0 Å². The molecule has 0 saturated carbocycles. The van der Waals surface area contributed by atoms with Crippen LogP contribution in [0, 0.1) is 0 Å². The summed E-state index contributed by atoms with van der Waals surface area (Å²) in [5.74, 6) is 0.165. The lowest BCUT2D eigenvalue weighted by Crippen LogP contribution is -2.29. The number of anilines is 2. The Morgan fingerprint density at radius 2 is 1.84 bits per heavy atom. The molecule has 0 atom stereocenters. The minimum atomic E-state index is -0.418. The van der Waals surface area contributed by atoms with Gasteiger partial charge in [0, 0.05) is 37.1 Å². The number of carbonyl (C=O) groups is 1. The third-order valence-corrected chi connectivity index (χ3v) is 4.88. The molecule has 1 aromatic heterocycles. The van der Waals surface area contributed by atoms with Crippen molar-refractivity contribution in [3.05, 3.63) is 42.0 Å². The van der Waals surface area contributed by atoms with Crippen LogP contribution in [0.15, 0.2) is 36.4 Å². The van der Waals surface area contributed by atoms with Crippen molar-refractivity contribution in [1.82, 2.24) is 15.3 Å². The Morgan fingerprint density at radius 3 is 2.55 bits per heavy atom. The third-order valence-electron chi connectivity index (χ3n) is 4.88. The summed E-state index contributed by atoms with van der Waals surface area (Å²) in [6.45, 7) is 6.47. The van der Waals surface area contributed by atoms with Gasteiger partial charge in [-0.1, -0.05) is 12.1 Å². The van der Waals surface area contributed by atoms with Gasteiger partial charge in [0.15, 0.2) is 11.5 Å². The highest BCUT2D eigenvalue weighted by atomic mass is 16.5. The number of ether oxygens (including phenoxy) is 1. The van der Waals surface area contributed by atoms with E-state index in [4.69, 9.17) is 4.74 Å². The van der Waals surface area contributed by atoms with Gasteiger partial charge in [-0.25, -0.2) is 4.98 Å². The Balaban J connectivity index is 1.69. The molecule has 4 N–H and O–H groups in total. The maximum absolute atomic E-state index is 12.4. The first-order valence-corrected chi connectivity index (χ1v) is 10.1. The second-order valence-corrected chi connectivity index (χ2v) is 6.79. The summed E-state index contributed by atoms with van der Waals surface area (Å²) in [6, 6.07) is 10.3. The Morgan fingerprint density at radius 1 is 1.10 bits per heavy atom. The number of methoxy groups -OCH3 is 1. The molecule has 0 radical (unpaired) electrons. The fourth-order valence-corrected chi connectivity index (χ4v) is 3.19. The van der Waals surface area contributed by atoms with Gasteiger partial charge in [0.05, 0.1) is 12.6 Å². The summed E-state index contributed by atoms with van der Waals surface area (Å²) in [5.41, 5.74) is 1.03. The SMILES string of the molecule is CCN(CC)c1nc(NCCNC(=O)c2cc(O)c(O)c(OC)c2)c2ccccc2n1. The zero-order valence-electron chi connectivity index (χ0n) is 17.8. The van der Waals surface area contributed by atoms with Crippen LogP contribution < -0.4 is 20.3 Å². The van der Waals surface area contributed by atoms with E-state index in [1.807, 2.05) is 24.3 Å². The highest BCUT2D eigenvalue weighted by Crippen LogP contribution is 2.36. The Kier molecular flexibility index (Phi) is 6.96. The second-order valence-electron chi connectivity index (χ2n) is 6.79. The Labute approximate surface area is 180 Å². The van der Waals surface area contributed by atoms with Crippen LogP contribution in [0.2, 0.25) is 0 Å². The van der Waals surface area contributed by atoms with Crippen LogP contribution in [0.4, 0.5) is 11.8 Å². The van der Waals surface area contributed by atoms with Gasteiger partial charge in [0.1, 0.15) is 5.82 Å². The van der Waals surface area contributed by atoms with E-state index in [1.54, 1.807) is 0 Å². The summed E-state index contributed by atoms with van der Waals surface area (Å²) >= 11 is 0. The monoisotopic (exact) mass is 425 g/mol. The van der Waals surface area contributed by atoms with E-state index in [-0.39, 0.29) is 11.3 Å². The van der Waals surface area contributed by atoms with E-state index in [1.165, 1.54) is 19.2 Å². The van der Waals surface area contributed by atoms with Gasteiger partial charge < -0.3 is 30.5 Å².